The lowest BCUT2D eigenvalue weighted by molar-refractivity contribution is 0.475. The number of hydrogen-bond donors (Lipinski definition) is 1. The van der Waals surface area contributed by atoms with E-state index in [1.54, 1.807) is 0 Å². The van der Waals surface area contributed by atoms with E-state index in [-0.39, 0.29) is 11.5 Å². The normalized spacial score (nSPS) is 14.1. The third kappa shape index (κ3) is 2.59. The predicted molar refractivity (Wildman–Crippen MR) is 76.8 cm³/mol. The summed E-state index contributed by atoms with van der Waals surface area (Å²) in [5.41, 5.74) is 8.52. The van der Waals surface area contributed by atoms with Crippen molar-refractivity contribution < 1.29 is 4.42 Å². The fourth-order valence-corrected chi connectivity index (χ4v) is 2.17. The van der Waals surface area contributed by atoms with E-state index in [2.05, 4.69) is 52.0 Å². The average molecular weight is 245 g/mol. The van der Waals surface area contributed by atoms with E-state index in [0.29, 0.717) is 0 Å². The average Bonchev–Trinajstić information content (AvgIpc) is 2.70. The van der Waals surface area contributed by atoms with Gasteiger partial charge < -0.3 is 10.2 Å². The molecule has 2 nitrogen and oxygen atoms in total. The third-order valence-corrected chi connectivity index (χ3v) is 3.37. The number of furan rings is 1. The van der Waals surface area contributed by atoms with Gasteiger partial charge >= 0.3 is 0 Å². The molecular weight excluding hydrogens is 222 g/mol. The van der Waals surface area contributed by atoms with E-state index >= 15 is 0 Å². The van der Waals surface area contributed by atoms with Gasteiger partial charge in [0.25, 0.3) is 0 Å². The zero-order chi connectivity index (χ0) is 13.3. The second-order valence-electron chi connectivity index (χ2n) is 6.05. The maximum absolute atomic E-state index is 6.10. The fraction of sp³-hybridized carbons (Fsp3) is 0.500. The van der Waals surface area contributed by atoms with E-state index < -0.39 is 0 Å². The van der Waals surface area contributed by atoms with Gasteiger partial charge in [0.05, 0.1) is 6.04 Å². The van der Waals surface area contributed by atoms with E-state index in [9.17, 15) is 0 Å². The Balaban J connectivity index is 2.40. The Morgan fingerprint density at radius 3 is 2.56 bits per heavy atom. The first-order valence-corrected chi connectivity index (χ1v) is 6.71. The minimum atomic E-state index is 0.0143. The van der Waals surface area contributed by atoms with Crippen LogP contribution in [0, 0.1) is 0 Å². The summed E-state index contributed by atoms with van der Waals surface area (Å²) in [4.78, 5) is 0. The SMILES string of the molecule is CCCC(N)c1cc2cc(C(C)(C)C)ccc2o1. The van der Waals surface area contributed by atoms with Gasteiger partial charge in [-0.15, -0.1) is 0 Å². The van der Waals surface area contributed by atoms with Crippen LogP contribution in [0.25, 0.3) is 11.0 Å². The highest BCUT2D eigenvalue weighted by Gasteiger charge is 2.16. The van der Waals surface area contributed by atoms with E-state index in [1.807, 2.05) is 0 Å². The fourth-order valence-electron chi connectivity index (χ4n) is 2.17. The van der Waals surface area contributed by atoms with Crippen LogP contribution in [0.15, 0.2) is 28.7 Å². The molecule has 0 saturated carbocycles. The van der Waals surface area contributed by atoms with Gasteiger partial charge in [0.15, 0.2) is 0 Å². The Bertz CT molecular complexity index is 534. The summed E-state index contributed by atoms with van der Waals surface area (Å²) in [6.45, 7) is 8.80. The van der Waals surface area contributed by atoms with Gasteiger partial charge in [0.2, 0.25) is 0 Å². The molecule has 0 aliphatic carbocycles. The maximum Gasteiger partial charge on any atom is 0.134 e. The maximum atomic E-state index is 6.10. The molecule has 98 valence electrons. The number of hydrogen-bond acceptors (Lipinski definition) is 2. The number of fused-ring (bicyclic) bond motifs is 1. The predicted octanol–water partition coefficient (Wildman–Crippen LogP) is 4.53. The Hall–Kier alpha value is -1.28. The van der Waals surface area contributed by atoms with Crippen molar-refractivity contribution in [2.24, 2.45) is 5.73 Å². The highest BCUT2D eigenvalue weighted by atomic mass is 16.3. The van der Waals surface area contributed by atoms with Crippen molar-refractivity contribution in [2.75, 3.05) is 0 Å². The molecular formula is C16H23NO. The minimum absolute atomic E-state index is 0.0143. The molecule has 0 aliphatic heterocycles. The van der Waals surface area contributed by atoms with Crippen molar-refractivity contribution in [2.45, 2.75) is 52.0 Å². The van der Waals surface area contributed by atoms with Crippen molar-refractivity contribution >= 4 is 11.0 Å². The number of rotatable bonds is 3. The Labute approximate surface area is 109 Å². The molecule has 0 saturated heterocycles. The minimum Gasteiger partial charge on any atom is -0.459 e. The van der Waals surface area contributed by atoms with Gasteiger partial charge in [-0.05, 0) is 35.6 Å². The lowest BCUT2D eigenvalue weighted by atomic mass is 9.86. The van der Waals surface area contributed by atoms with Gasteiger partial charge in [0, 0.05) is 5.39 Å². The van der Waals surface area contributed by atoms with Crippen molar-refractivity contribution in [3.63, 3.8) is 0 Å². The lowest BCUT2D eigenvalue weighted by Crippen LogP contribution is -2.10. The zero-order valence-electron chi connectivity index (χ0n) is 11.8. The highest BCUT2D eigenvalue weighted by molar-refractivity contribution is 5.79. The molecule has 0 fully saturated rings. The molecule has 1 heterocycles. The molecule has 1 aromatic carbocycles. The molecule has 1 atom stereocenters. The second kappa shape index (κ2) is 4.77. The molecule has 1 unspecified atom stereocenters. The van der Waals surface area contributed by atoms with Gasteiger partial charge in [0.1, 0.15) is 11.3 Å². The van der Waals surface area contributed by atoms with E-state index in [0.717, 1.165) is 29.6 Å². The zero-order valence-corrected chi connectivity index (χ0v) is 11.8. The van der Waals surface area contributed by atoms with Crippen LogP contribution < -0.4 is 5.73 Å². The monoisotopic (exact) mass is 245 g/mol. The summed E-state index contributed by atoms with van der Waals surface area (Å²) in [7, 11) is 0. The van der Waals surface area contributed by atoms with Crippen LogP contribution in [0.1, 0.15) is 57.9 Å². The first-order chi connectivity index (χ1) is 8.41. The standard InChI is InChI=1S/C16H23NO/c1-5-6-13(17)15-10-11-9-12(16(2,3)4)7-8-14(11)18-15/h7-10,13H,5-6,17H2,1-4H3. The molecule has 0 bridgehead atoms. The molecule has 18 heavy (non-hydrogen) atoms. The van der Waals surface area contributed by atoms with Crippen molar-refractivity contribution in [1.82, 2.24) is 0 Å². The first-order valence-electron chi connectivity index (χ1n) is 6.71. The van der Waals surface area contributed by atoms with Gasteiger partial charge in [-0.2, -0.15) is 0 Å². The Kier molecular flexibility index (Phi) is 3.49. The van der Waals surface area contributed by atoms with Crippen LogP contribution >= 0.6 is 0 Å². The van der Waals surface area contributed by atoms with Crippen LogP contribution in [0.4, 0.5) is 0 Å². The quantitative estimate of drug-likeness (QED) is 0.862. The van der Waals surface area contributed by atoms with Crippen LogP contribution in [0.5, 0.6) is 0 Å². The molecule has 0 amide bonds. The Morgan fingerprint density at radius 1 is 1.22 bits per heavy atom. The summed E-state index contributed by atoms with van der Waals surface area (Å²) in [5.74, 6) is 0.901. The number of benzene rings is 1. The number of nitrogens with two attached hydrogens (primary N) is 1. The van der Waals surface area contributed by atoms with Gasteiger partial charge in [-0.1, -0.05) is 40.2 Å². The molecule has 0 spiro atoms. The largest absolute Gasteiger partial charge is 0.459 e. The molecule has 2 N–H and O–H groups in total. The van der Waals surface area contributed by atoms with E-state index in [4.69, 9.17) is 10.2 Å². The summed E-state index contributed by atoms with van der Waals surface area (Å²) in [5, 5.41) is 1.16. The van der Waals surface area contributed by atoms with Crippen molar-refractivity contribution in [3.05, 3.63) is 35.6 Å². The molecule has 1 aromatic heterocycles. The summed E-state index contributed by atoms with van der Waals surface area (Å²) >= 11 is 0. The van der Waals surface area contributed by atoms with Crippen LogP contribution in [0.3, 0.4) is 0 Å². The molecule has 0 aliphatic rings. The van der Waals surface area contributed by atoms with E-state index in [1.165, 1.54) is 5.56 Å². The third-order valence-electron chi connectivity index (χ3n) is 3.37. The van der Waals surface area contributed by atoms with Crippen LogP contribution in [-0.4, -0.2) is 0 Å². The lowest BCUT2D eigenvalue weighted by Gasteiger charge is -2.18. The first kappa shape index (κ1) is 13.2. The van der Waals surface area contributed by atoms with Gasteiger partial charge in [-0.25, -0.2) is 0 Å². The van der Waals surface area contributed by atoms with Crippen molar-refractivity contribution in [3.8, 4) is 0 Å². The summed E-state index contributed by atoms with van der Waals surface area (Å²) < 4.78 is 5.83. The Morgan fingerprint density at radius 2 is 1.94 bits per heavy atom. The molecule has 2 aromatic rings. The van der Waals surface area contributed by atoms with Crippen LogP contribution in [0.2, 0.25) is 0 Å². The molecule has 0 radical (unpaired) electrons. The van der Waals surface area contributed by atoms with Gasteiger partial charge in [-0.3, -0.25) is 0 Å². The summed E-state index contributed by atoms with van der Waals surface area (Å²) in [6, 6.07) is 8.51. The smallest absolute Gasteiger partial charge is 0.134 e. The topological polar surface area (TPSA) is 39.2 Å². The van der Waals surface area contributed by atoms with Crippen molar-refractivity contribution in [1.29, 1.82) is 0 Å². The molecule has 2 rings (SSSR count). The highest BCUT2D eigenvalue weighted by Crippen LogP contribution is 2.30. The second-order valence-corrected chi connectivity index (χ2v) is 6.05. The van der Waals surface area contributed by atoms with Crippen LogP contribution in [-0.2, 0) is 5.41 Å². The summed E-state index contributed by atoms with van der Waals surface area (Å²) in [6.07, 6.45) is 2.04. The molecule has 2 heteroatoms.